The summed E-state index contributed by atoms with van der Waals surface area (Å²) in [5.74, 6) is 1.57. The van der Waals surface area contributed by atoms with Crippen LogP contribution >= 0.6 is 0 Å². The molecule has 0 saturated carbocycles. The van der Waals surface area contributed by atoms with Crippen LogP contribution in [0.1, 0.15) is 89.2 Å². The summed E-state index contributed by atoms with van der Waals surface area (Å²) < 4.78 is 20.7. The molecule has 4 rings (SSSR count). The van der Waals surface area contributed by atoms with Crippen LogP contribution in [0.2, 0.25) is 0 Å². The fourth-order valence-corrected chi connectivity index (χ4v) is 5.18. The first kappa shape index (κ1) is 31.2. The van der Waals surface area contributed by atoms with Gasteiger partial charge >= 0.3 is 0 Å². The predicted octanol–water partition coefficient (Wildman–Crippen LogP) is 9.48. The minimum atomic E-state index is -0.143. The Labute approximate surface area is 251 Å². The first-order valence-electron chi connectivity index (χ1n) is 15.9. The van der Waals surface area contributed by atoms with E-state index in [9.17, 15) is 4.79 Å². The number of hydrogen-bond acceptors (Lipinski definition) is 4. The zero-order valence-electron chi connectivity index (χ0n) is 25.5. The van der Waals surface area contributed by atoms with Gasteiger partial charge in [0.15, 0.2) is 5.75 Å². The predicted molar refractivity (Wildman–Crippen MR) is 173 cm³/mol. The van der Waals surface area contributed by atoms with Gasteiger partial charge in [-0.3, -0.25) is 4.79 Å². The van der Waals surface area contributed by atoms with E-state index in [1.165, 1.54) is 32.1 Å². The maximum absolute atomic E-state index is 14.1. The molecule has 4 aromatic rings. The van der Waals surface area contributed by atoms with Crippen molar-refractivity contribution in [3.8, 4) is 17.2 Å². The highest BCUT2D eigenvalue weighted by atomic mass is 16.5. The van der Waals surface area contributed by atoms with E-state index in [4.69, 9.17) is 14.2 Å². The summed E-state index contributed by atoms with van der Waals surface area (Å²) in [6.07, 6.45) is 11.3. The van der Waals surface area contributed by atoms with Crippen molar-refractivity contribution in [1.82, 2.24) is 4.57 Å². The van der Waals surface area contributed by atoms with Gasteiger partial charge in [0, 0.05) is 18.0 Å². The molecule has 0 spiro atoms. The summed E-state index contributed by atoms with van der Waals surface area (Å²) >= 11 is 0. The largest absolute Gasteiger partial charge is 0.489 e. The second-order valence-corrected chi connectivity index (χ2v) is 11.0. The van der Waals surface area contributed by atoms with Gasteiger partial charge in [0.25, 0.3) is 5.56 Å². The SMILES string of the molecule is CCCCCCCCn1c(=O)c(OCc2ccccc2)c(OCCCCCC)c2ccc(OCc3ccccc3)cc21. The minimum absolute atomic E-state index is 0.143. The van der Waals surface area contributed by atoms with Crippen molar-refractivity contribution in [3.05, 3.63) is 100 Å². The van der Waals surface area contributed by atoms with Crippen molar-refractivity contribution in [1.29, 1.82) is 0 Å². The molecule has 1 aromatic heterocycles. The zero-order valence-corrected chi connectivity index (χ0v) is 25.5. The molecule has 0 fully saturated rings. The van der Waals surface area contributed by atoms with Gasteiger partial charge in [0.1, 0.15) is 19.0 Å². The van der Waals surface area contributed by atoms with Crippen LogP contribution < -0.4 is 19.8 Å². The Morgan fingerprint density at radius 1 is 0.595 bits per heavy atom. The quantitative estimate of drug-likeness (QED) is 0.106. The van der Waals surface area contributed by atoms with Crippen LogP contribution in [0.4, 0.5) is 0 Å². The Bertz CT molecular complexity index is 1400. The van der Waals surface area contributed by atoms with Crippen molar-refractivity contribution in [2.45, 2.75) is 97.8 Å². The standard InChI is InChI=1S/C37H47NO4/c1-3-5-7-9-10-17-25-38-34-27-32(41-28-30-19-13-11-14-20-30)23-24-33(34)35(40-26-18-8-6-4-2)36(37(38)39)42-29-31-21-15-12-16-22-31/h11-16,19-24,27H,3-10,17-18,25-26,28-29H2,1-2H3. The molecule has 0 aliphatic carbocycles. The van der Waals surface area contributed by atoms with E-state index < -0.39 is 0 Å². The van der Waals surface area contributed by atoms with E-state index >= 15 is 0 Å². The highest BCUT2D eigenvalue weighted by molar-refractivity contribution is 5.89. The molecule has 0 atom stereocenters. The normalized spacial score (nSPS) is 11.1. The van der Waals surface area contributed by atoms with E-state index in [2.05, 4.69) is 26.0 Å². The number of benzene rings is 3. The minimum Gasteiger partial charge on any atom is -0.489 e. The molecule has 42 heavy (non-hydrogen) atoms. The molecule has 224 valence electrons. The summed E-state index contributed by atoms with van der Waals surface area (Å²) in [6, 6.07) is 26.1. The van der Waals surface area contributed by atoms with E-state index in [1.807, 2.05) is 71.3 Å². The smallest absolute Gasteiger partial charge is 0.297 e. The van der Waals surface area contributed by atoms with Gasteiger partial charge in [-0.2, -0.15) is 0 Å². The van der Waals surface area contributed by atoms with Gasteiger partial charge in [-0.05, 0) is 36.1 Å². The first-order chi connectivity index (χ1) is 20.7. The van der Waals surface area contributed by atoms with Crippen LogP contribution in [0.5, 0.6) is 17.2 Å². The number of fused-ring (bicyclic) bond motifs is 1. The van der Waals surface area contributed by atoms with Crippen LogP contribution in [0.25, 0.3) is 10.9 Å². The molecular weight excluding hydrogens is 522 g/mol. The van der Waals surface area contributed by atoms with Crippen LogP contribution in [-0.4, -0.2) is 11.2 Å². The zero-order chi connectivity index (χ0) is 29.4. The number of rotatable bonds is 19. The second kappa shape index (κ2) is 17.3. The Morgan fingerprint density at radius 2 is 1.19 bits per heavy atom. The third-order valence-corrected chi connectivity index (χ3v) is 7.60. The Hall–Kier alpha value is -3.73. The molecule has 0 aliphatic heterocycles. The molecule has 5 heteroatoms. The lowest BCUT2D eigenvalue weighted by atomic mass is 10.1. The number of pyridine rings is 1. The Morgan fingerprint density at radius 3 is 1.86 bits per heavy atom. The molecule has 0 saturated heterocycles. The lowest BCUT2D eigenvalue weighted by Gasteiger charge is -2.20. The summed E-state index contributed by atoms with van der Waals surface area (Å²) in [5.41, 5.74) is 2.80. The molecule has 0 amide bonds. The average molecular weight is 570 g/mol. The van der Waals surface area contributed by atoms with Crippen molar-refractivity contribution < 1.29 is 14.2 Å². The van der Waals surface area contributed by atoms with Crippen LogP contribution in [0.3, 0.4) is 0 Å². The molecular formula is C37H47NO4. The molecule has 1 heterocycles. The topological polar surface area (TPSA) is 49.7 Å². The number of hydrogen-bond donors (Lipinski definition) is 0. The summed E-state index contributed by atoms with van der Waals surface area (Å²) in [5, 5.41) is 0.881. The highest BCUT2D eigenvalue weighted by Crippen LogP contribution is 2.36. The lowest BCUT2D eigenvalue weighted by molar-refractivity contribution is 0.255. The third kappa shape index (κ3) is 9.14. The molecule has 0 aliphatic rings. The van der Waals surface area contributed by atoms with Crippen LogP contribution in [0, 0.1) is 0 Å². The molecule has 5 nitrogen and oxygen atoms in total. The maximum Gasteiger partial charge on any atom is 0.297 e. The van der Waals surface area contributed by atoms with Crippen LogP contribution in [-0.2, 0) is 19.8 Å². The molecule has 0 N–H and O–H groups in total. The number of aromatic nitrogens is 1. The lowest BCUT2D eigenvalue weighted by Crippen LogP contribution is -2.24. The van der Waals surface area contributed by atoms with Gasteiger partial charge in [0.2, 0.25) is 5.75 Å². The number of unbranched alkanes of at least 4 members (excludes halogenated alkanes) is 8. The molecule has 0 radical (unpaired) electrons. The van der Waals surface area contributed by atoms with Gasteiger partial charge in [-0.15, -0.1) is 0 Å². The van der Waals surface area contributed by atoms with Crippen molar-refractivity contribution in [3.63, 3.8) is 0 Å². The van der Waals surface area contributed by atoms with Gasteiger partial charge in [0.05, 0.1) is 12.1 Å². The van der Waals surface area contributed by atoms with E-state index in [1.54, 1.807) is 0 Å². The van der Waals surface area contributed by atoms with E-state index in [0.717, 1.165) is 59.9 Å². The molecule has 0 bridgehead atoms. The van der Waals surface area contributed by atoms with Crippen molar-refractivity contribution in [2.75, 3.05) is 6.61 Å². The fourth-order valence-electron chi connectivity index (χ4n) is 5.18. The van der Waals surface area contributed by atoms with Crippen molar-refractivity contribution >= 4 is 10.9 Å². The first-order valence-corrected chi connectivity index (χ1v) is 15.9. The molecule has 3 aromatic carbocycles. The average Bonchev–Trinajstić information content (AvgIpc) is 3.03. The van der Waals surface area contributed by atoms with Crippen LogP contribution in [0.15, 0.2) is 83.7 Å². The molecule has 0 unspecified atom stereocenters. The summed E-state index contributed by atoms with van der Waals surface area (Å²) in [4.78, 5) is 14.1. The Balaban J connectivity index is 1.68. The summed E-state index contributed by atoms with van der Waals surface area (Å²) in [6.45, 7) is 6.38. The number of aryl methyl sites for hydroxylation is 1. The summed E-state index contributed by atoms with van der Waals surface area (Å²) in [7, 11) is 0. The number of nitrogens with zero attached hydrogens (tertiary/aromatic N) is 1. The highest BCUT2D eigenvalue weighted by Gasteiger charge is 2.21. The van der Waals surface area contributed by atoms with E-state index in [0.29, 0.717) is 37.9 Å². The second-order valence-electron chi connectivity index (χ2n) is 11.0. The van der Waals surface area contributed by atoms with Gasteiger partial charge in [-0.25, -0.2) is 0 Å². The Kier molecular flexibility index (Phi) is 12.8. The number of ether oxygens (including phenoxy) is 3. The third-order valence-electron chi connectivity index (χ3n) is 7.60. The van der Waals surface area contributed by atoms with Gasteiger partial charge in [-0.1, -0.05) is 126 Å². The van der Waals surface area contributed by atoms with Crippen molar-refractivity contribution in [2.24, 2.45) is 0 Å². The monoisotopic (exact) mass is 569 g/mol. The fraction of sp³-hybridized carbons (Fsp3) is 0.432. The maximum atomic E-state index is 14.1. The van der Waals surface area contributed by atoms with E-state index in [-0.39, 0.29) is 5.56 Å². The van der Waals surface area contributed by atoms with Gasteiger partial charge < -0.3 is 18.8 Å².